The van der Waals surface area contributed by atoms with Gasteiger partial charge in [-0.05, 0) is 36.0 Å². The summed E-state index contributed by atoms with van der Waals surface area (Å²) in [5.41, 5.74) is 0.843. The predicted octanol–water partition coefficient (Wildman–Crippen LogP) is 3.15. The van der Waals surface area contributed by atoms with Crippen LogP contribution in [0.15, 0.2) is 16.6 Å². The lowest BCUT2D eigenvalue weighted by Crippen LogP contribution is -2.50. The standard InChI is InChI=1S/C12H15BrClN3O2/c1-8-7-16(4-3-15(8)2)12-5-9(13)11(17(18)19)6-10(12)14/h5-6,8H,3-4,7H2,1-2H3. The Balaban J connectivity index is 2.31. The molecule has 0 amide bonds. The Bertz CT molecular complexity index is 512. The number of nitro benzene ring substituents is 1. The third-order valence-corrected chi connectivity index (χ3v) is 4.45. The molecule has 0 N–H and O–H groups in total. The molecule has 5 nitrogen and oxygen atoms in total. The molecule has 0 bridgehead atoms. The fraction of sp³-hybridized carbons (Fsp3) is 0.500. The molecule has 1 aromatic carbocycles. The van der Waals surface area contributed by atoms with Crippen LogP contribution in [-0.4, -0.2) is 42.5 Å². The second-order valence-electron chi connectivity index (χ2n) is 4.79. The lowest BCUT2D eigenvalue weighted by atomic mass is 10.1. The van der Waals surface area contributed by atoms with Crippen molar-refractivity contribution in [3.05, 3.63) is 31.7 Å². The van der Waals surface area contributed by atoms with Gasteiger partial charge in [-0.3, -0.25) is 10.1 Å². The molecule has 0 spiro atoms. The number of rotatable bonds is 2. The van der Waals surface area contributed by atoms with E-state index in [9.17, 15) is 10.1 Å². The zero-order valence-electron chi connectivity index (χ0n) is 10.8. The number of nitrogens with zero attached hydrogens (tertiary/aromatic N) is 3. The second kappa shape index (κ2) is 5.64. The van der Waals surface area contributed by atoms with E-state index in [-0.39, 0.29) is 5.69 Å². The van der Waals surface area contributed by atoms with E-state index in [0.717, 1.165) is 25.3 Å². The average Bonchev–Trinajstić information content (AvgIpc) is 2.35. The van der Waals surface area contributed by atoms with Gasteiger partial charge >= 0.3 is 0 Å². The summed E-state index contributed by atoms with van der Waals surface area (Å²) < 4.78 is 0.462. The first-order valence-corrected chi connectivity index (χ1v) is 7.16. The molecule has 1 aliphatic heterocycles. The lowest BCUT2D eigenvalue weighted by Gasteiger charge is -2.39. The maximum absolute atomic E-state index is 10.9. The fourth-order valence-corrected chi connectivity index (χ4v) is 2.93. The molecule has 0 radical (unpaired) electrons. The minimum absolute atomic E-state index is 0.00377. The molecule has 19 heavy (non-hydrogen) atoms. The molecule has 1 aliphatic rings. The summed E-state index contributed by atoms with van der Waals surface area (Å²) >= 11 is 9.42. The Kier molecular flexibility index (Phi) is 4.32. The van der Waals surface area contributed by atoms with E-state index in [4.69, 9.17) is 11.6 Å². The molecular formula is C12H15BrClN3O2. The molecule has 1 aromatic rings. The maximum Gasteiger partial charge on any atom is 0.285 e. The monoisotopic (exact) mass is 347 g/mol. The quantitative estimate of drug-likeness (QED) is 0.608. The van der Waals surface area contributed by atoms with E-state index >= 15 is 0 Å². The van der Waals surface area contributed by atoms with E-state index in [2.05, 4.69) is 39.7 Å². The first-order chi connectivity index (χ1) is 8.90. The molecule has 0 aromatic heterocycles. The lowest BCUT2D eigenvalue weighted by molar-refractivity contribution is -0.385. The number of halogens is 2. The van der Waals surface area contributed by atoms with Crippen LogP contribution >= 0.6 is 27.5 Å². The Morgan fingerprint density at radius 3 is 2.74 bits per heavy atom. The number of piperazine rings is 1. The SMILES string of the molecule is CC1CN(c2cc(Br)c([N+](=O)[O-])cc2Cl)CCN1C. The zero-order chi connectivity index (χ0) is 14.2. The van der Waals surface area contributed by atoms with Gasteiger partial charge in [0.1, 0.15) is 0 Å². The van der Waals surface area contributed by atoms with E-state index in [1.807, 2.05) is 0 Å². The Morgan fingerprint density at radius 2 is 2.16 bits per heavy atom. The van der Waals surface area contributed by atoms with Gasteiger partial charge in [-0.1, -0.05) is 11.6 Å². The molecule has 2 rings (SSSR count). The summed E-state index contributed by atoms with van der Waals surface area (Å²) in [6.45, 7) is 4.83. The topological polar surface area (TPSA) is 49.6 Å². The minimum atomic E-state index is -0.438. The smallest absolute Gasteiger partial charge is 0.285 e. The molecule has 1 fully saturated rings. The average molecular weight is 349 g/mol. The van der Waals surface area contributed by atoms with Crippen molar-refractivity contribution in [1.82, 2.24) is 4.90 Å². The molecular weight excluding hydrogens is 334 g/mol. The van der Waals surface area contributed by atoms with E-state index in [0.29, 0.717) is 15.5 Å². The highest BCUT2D eigenvalue weighted by molar-refractivity contribution is 9.10. The number of likely N-dealkylation sites (N-methyl/N-ethyl adjacent to an activating group) is 1. The normalized spacial score (nSPS) is 20.6. The third-order valence-electron chi connectivity index (χ3n) is 3.51. The molecule has 0 saturated carbocycles. The van der Waals surface area contributed by atoms with Gasteiger partial charge in [0, 0.05) is 31.7 Å². The summed E-state index contributed by atoms with van der Waals surface area (Å²) in [7, 11) is 2.09. The Morgan fingerprint density at radius 1 is 1.47 bits per heavy atom. The number of hydrogen-bond acceptors (Lipinski definition) is 4. The van der Waals surface area contributed by atoms with Crippen molar-refractivity contribution in [3.8, 4) is 0 Å². The van der Waals surface area contributed by atoms with Gasteiger partial charge in [-0.15, -0.1) is 0 Å². The molecule has 0 aliphatic carbocycles. The number of hydrogen-bond donors (Lipinski definition) is 0. The van der Waals surface area contributed by atoms with Crippen molar-refractivity contribution in [2.45, 2.75) is 13.0 Å². The summed E-state index contributed by atoms with van der Waals surface area (Å²) in [4.78, 5) is 14.9. The fourth-order valence-electron chi connectivity index (χ4n) is 2.18. The van der Waals surface area contributed by atoms with E-state index < -0.39 is 4.92 Å². The highest BCUT2D eigenvalue weighted by Crippen LogP contribution is 2.36. The van der Waals surface area contributed by atoms with Crippen molar-refractivity contribution in [1.29, 1.82) is 0 Å². The van der Waals surface area contributed by atoms with Gasteiger partial charge in [0.15, 0.2) is 0 Å². The van der Waals surface area contributed by atoms with Crippen molar-refractivity contribution in [2.24, 2.45) is 0 Å². The predicted molar refractivity (Wildman–Crippen MR) is 80.1 cm³/mol. The van der Waals surface area contributed by atoms with E-state index in [1.54, 1.807) is 6.07 Å². The first-order valence-electron chi connectivity index (χ1n) is 5.98. The minimum Gasteiger partial charge on any atom is -0.367 e. The molecule has 1 unspecified atom stereocenters. The largest absolute Gasteiger partial charge is 0.367 e. The first kappa shape index (κ1) is 14.6. The van der Waals surface area contributed by atoms with Crippen LogP contribution < -0.4 is 4.90 Å². The van der Waals surface area contributed by atoms with Crippen LogP contribution in [-0.2, 0) is 0 Å². The van der Waals surface area contributed by atoms with Crippen molar-refractivity contribution in [3.63, 3.8) is 0 Å². The van der Waals surface area contributed by atoms with Crippen molar-refractivity contribution >= 4 is 38.9 Å². The molecule has 7 heteroatoms. The van der Waals surface area contributed by atoms with Crippen molar-refractivity contribution < 1.29 is 4.92 Å². The summed E-state index contributed by atoms with van der Waals surface area (Å²) in [5.74, 6) is 0. The van der Waals surface area contributed by atoms with Crippen LogP contribution in [0.5, 0.6) is 0 Å². The Labute approximate surface area is 125 Å². The molecule has 1 heterocycles. The molecule has 1 saturated heterocycles. The van der Waals surface area contributed by atoms with Crippen LogP contribution in [0.4, 0.5) is 11.4 Å². The van der Waals surface area contributed by atoms with Gasteiger partial charge in [0.25, 0.3) is 5.69 Å². The van der Waals surface area contributed by atoms with Gasteiger partial charge in [0.2, 0.25) is 0 Å². The maximum atomic E-state index is 10.9. The van der Waals surface area contributed by atoms with Crippen LogP contribution in [0.1, 0.15) is 6.92 Å². The number of benzene rings is 1. The number of anilines is 1. The van der Waals surface area contributed by atoms with Gasteiger partial charge in [-0.25, -0.2) is 0 Å². The van der Waals surface area contributed by atoms with Gasteiger partial charge in [-0.2, -0.15) is 0 Å². The zero-order valence-corrected chi connectivity index (χ0v) is 13.1. The highest BCUT2D eigenvalue weighted by Gasteiger charge is 2.24. The van der Waals surface area contributed by atoms with E-state index in [1.165, 1.54) is 6.07 Å². The molecule has 104 valence electrons. The Hall–Kier alpha value is -0.850. The highest BCUT2D eigenvalue weighted by atomic mass is 79.9. The van der Waals surface area contributed by atoms with Crippen molar-refractivity contribution in [2.75, 3.05) is 31.6 Å². The number of nitro groups is 1. The summed E-state index contributed by atoms with van der Waals surface area (Å²) in [5, 5.41) is 11.3. The van der Waals surface area contributed by atoms with Crippen LogP contribution in [0.3, 0.4) is 0 Å². The second-order valence-corrected chi connectivity index (χ2v) is 6.05. The third kappa shape index (κ3) is 3.01. The van der Waals surface area contributed by atoms with Crippen LogP contribution in [0.25, 0.3) is 0 Å². The van der Waals surface area contributed by atoms with Crippen LogP contribution in [0.2, 0.25) is 5.02 Å². The van der Waals surface area contributed by atoms with Crippen LogP contribution in [0, 0.1) is 10.1 Å². The van der Waals surface area contributed by atoms with Gasteiger partial charge < -0.3 is 9.80 Å². The summed E-state index contributed by atoms with van der Waals surface area (Å²) in [6, 6.07) is 3.57. The molecule has 1 atom stereocenters. The summed E-state index contributed by atoms with van der Waals surface area (Å²) in [6.07, 6.45) is 0. The van der Waals surface area contributed by atoms with Gasteiger partial charge in [0.05, 0.1) is 20.1 Å².